The second-order valence-electron chi connectivity index (χ2n) is 3.43. The molecule has 0 N–H and O–H groups in total. The van der Waals surface area contributed by atoms with Crippen LogP contribution in [0.2, 0.25) is 5.02 Å². The topological polar surface area (TPSA) is 30.2 Å². The van der Waals surface area contributed by atoms with Gasteiger partial charge in [-0.2, -0.15) is 0 Å². The number of benzene rings is 1. The van der Waals surface area contributed by atoms with Crippen LogP contribution >= 0.6 is 11.6 Å². The first-order valence-corrected chi connectivity index (χ1v) is 5.27. The van der Waals surface area contributed by atoms with E-state index in [4.69, 9.17) is 11.6 Å². The molecule has 4 heteroatoms. The van der Waals surface area contributed by atoms with E-state index < -0.39 is 0 Å². The predicted molar refractivity (Wildman–Crippen MR) is 63.4 cm³/mol. The Morgan fingerprint density at radius 1 is 1.12 bits per heavy atom. The zero-order chi connectivity index (χ0) is 11.0. The van der Waals surface area contributed by atoms with Crippen molar-refractivity contribution in [1.82, 2.24) is 14.4 Å². The molecule has 2 aromatic heterocycles. The molecule has 0 saturated heterocycles. The Bertz CT molecular complexity index is 612. The average Bonchev–Trinajstić information content (AvgIpc) is 2.73. The minimum atomic E-state index is 0.678. The first-order valence-electron chi connectivity index (χ1n) is 4.89. The van der Waals surface area contributed by atoms with Crippen molar-refractivity contribution < 1.29 is 0 Å². The van der Waals surface area contributed by atoms with Crippen LogP contribution in [-0.4, -0.2) is 14.4 Å². The molecule has 3 aromatic rings. The monoisotopic (exact) mass is 229 g/mol. The first kappa shape index (κ1) is 9.36. The Morgan fingerprint density at radius 2 is 2.00 bits per heavy atom. The quantitative estimate of drug-likeness (QED) is 0.642. The van der Waals surface area contributed by atoms with Crippen LogP contribution in [0.25, 0.3) is 17.0 Å². The van der Waals surface area contributed by atoms with E-state index in [1.807, 2.05) is 47.1 Å². The predicted octanol–water partition coefficient (Wildman–Crippen LogP) is 3.05. The summed E-state index contributed by atoms with van der Waals surface area (Å²) in [6.45, 7) is 0. The molecule has 1 aromatic carbocycles. The summed E-state index contributed by atoms with van der Waals surface area (Å²) in [5.74, 6) is 0.678. The highest BCUT2D eigenvalue weighted by molar-refractivity contribution is 6.33. The number of halogens is 1. The van der Waals surface area contributed by atoms with Crippen molar-refractivity contribution in [2.45, 2.75) is 0 Å². The number of imidazole rings is 1. The number of hydrogen-bond donors (Lipinski definition) is 0. The molecular weight excluding hydrogens is 222 g/mol. The second kappa shape index (κ2) is 3.61. The Labute approximate surface area is 97.3 Å². The Kier molecular flexibility index (Phi) is 2.11. The van der Waals surface area contributed by atoms with Crippen LogP contribution in [0, 0.1) is 0 Å². The summed E-state index contributed by atoms with van der Waals surface area (Å²) in [4.78, 5) is 8.58. The first-order chi connectivity index (χ1) is 7.84. The van der Waals surface area contributed by atoms with Gasteiger partial charge in [0.05, 0.1) is 10.7 Å². The number of hydrogen-bond acceptors (Lipinski definition) is 2. The fourth-order valence-corrected chi connectivity index (χ4v) is 1.86. The molecule has 3 nitrogen and oxygen atoms in total. The highest BCUT2D eigenvalue weighted by atomic mass is 35.5. The molecular formula is C12H8ClN3. The highest BCUT2D eigenvalue weighted by Gasteiger charge is 2.07. The smallest absolute Gasteiger partial charge is 0.234 e. The molecule has 0 aliphatic rings. The third-order valence-corrected chi connectivity index (χ3v) is 2.71. The molecule has 0 fully saturated rings. The van der Waals surface area contributed by atoms with E-state index >= 15 is 0 Å². The lowest BCUT2D eigenvalue weighted by molar-refractivity contribution is 1.11. The molecule has 0 aliphatic carbocycles. The molecule has 2 heterocycles. The maximum Gasteiger partial charge on any atom is 0.234 e. The van der Waals surface area contributed by atoms with Crippen molar-refractivity contribution in [1.29, 1.82) is 0 Å². The van der Waals surface area contributed by atoms with Crippen molar-refractivity contribution >= 4 is 17.4 Å². The van der Waals surface area contributed by atoms with Crippen LogP contribution in [0.3, 0.4) is 0 Å². The fourth-order valence-electron chi connectivity index (χ4n) is 1.63. The molecule has 0 radical (unpaired) electrons. The molecule has 0 saturated carbocycles. The van der Waals surface area contributed by atoms with Crippen molar-refractivity contribution in [2.75, 3.05) is 0 Å². The molecule has 0 spiro atoms. The lowest BCUT2D eigenvalue weighted by Gasteiger charge is -1.97. The fraction of sp³-hybridized carbons (Fsp3) is 0. The van der Waals surface area contributed by atoms with Gasteiger partial charge in [-0.1, -0.05) is 29.8 Å². The largest absolute Gasteiger partial charge is 0.291 e. The lowest BCUT2D eigenvalue weighted by Crippen LogP contribution is -1.83. The highest BCUT2D eigenvalue weighted by Crippen LogP contribution is 2.26. The van der Waals surface area contributed by atoms with Gasteiger partial charge in [-0.25, -0.2) is 9.97 Å². The Balaban J connectivity index is 2.23. The van der Waals surface area contributed by atoms with E-state index in [1.165, 1.54) is 0 Å². The number of rotatable bonds is 1. The van der Waals surface area contributed by atoms with E-state index in [2.05, 4.69) is 9.97 Å². The minimum absolute atomic E-state index is 0.678. The maximum atomic E-state index is 6.12. The molecule has 0 amide bonds. The van der Waals surface area contributed by atoms with Crippen molar-refractivity contribution in [3.63, 3.8) is 0 Å². The summed E-state index contributed by atoms with van der Waals surface area (Å²) in [5.41, 5.74) is 1.76. The number of fused-ring (bicyclic) bond motifs is 1. The van der Waals surface area contributed by atoms with E-state index in [9.17, 15) is 0 Å². The van der Waals surface area contributed by atoms with Gasteiger partial charge in [-0.15, -0.1) is 0 Å². The third kappa shape index (κ3) is 1.46. The van der Waals surface area contributed by atoms with Gasteiger partial charge in [-0.3, -0.25) is 4.40 Å². The summed E-state index contributed by atoms with van der Waals surface area (Å²) in [6.07, 6.45) is 5.55. The van der Waals surface area contributed by atoms with Gasteiger partial charge >= 0.3 is 0 Å². The third-order valence-electron chi connectivity index (χ3n) is 2.39. The zero-order valence-electron chi connectivity index (χ0n) is 8.34. The average molecular weight is 230 g/mol. The van der Waals surface area contributed by atoms with Gasteiger partial charge in [0, 0.05) is 24.2 Å². The van der Waals surface area contributed by atoms with Crippen LogP contribution in [0.4, 0.5) is 0 Å². The van der Waals surface area contributed by atoms with Gasteiger partial charge in [0.1, 0.15) is 0 Å². The molecule has 0 unspecified atom stereocenters. The van der Waals surface area contributed by atoms with E-state index in [-0.39, 0.29) is 0 Å². The van der Waals surface area contributed by atoms with Gasteiger partial charge in [0.2, 0.25) is 5.78 Å². The van der Waals surface area contributed by atoms with E-state index in [0.29, 0.717) is 10.8 Å². The number of nitrogens with zero attached hydrogens (tertiary/aromatic N) is 3. The molecule has 0 aliphatic heterocycles. The standard InChI is InChI=1S/C12H8ClN3/c13-10-5-2-1-4-9(10)11-8-16-7-3-6-14-12(16)15-11/h1-8H. The molecule has 0 atom stereocenters. The van der Waals surface area contributed by atoms with Crippen LogP contribution in [0.5, 0.6) is 0 Å². The van der Waals surface area contributed by atoms with Crippen molar-refractivity contribution in [3.8, 4) is 11.3 Å². The Hall–Kier alpha value is -1.87. The van der Waals surface area contributed by atoms with Crippen LogP contribution in [-0.2, 0) is 0 Å². The van der Waals surface area contributed by atoms with Crippen molar-refractivity contribution in [2.24, 2.45) is 0 Å². The second-order valence-corrected chi connectivity index (χ2v) is 3.84. The summed E-state index contributed by atoms with van der Waals surface area (Å²) < 4.78 is 1.87. The number of aromatic nitrogens is 3. The van der Waals surface area contributed by atoms with Gasteiger partial charge in [-0.05, 0) is 12.1 Å². The van der Waals surface area contributed by atoms with E-state index in [0.717, 1.165) is 11.3 Å². The summed E-state index contributed by atoms with van der Waals surface area (Å²) >= 11 is 6.12. The minimum Gasteiger partial charge on any atom is -0.291 e. The van der Waals surface area contributed by atoms with E-state index in [1.54, 1.807) is 6.20 Å². The Morgan fingerprint density at radius 3 is 2.81 bits per heavy atom. The maximum absolute atomic E-state index is 6.12. The van der Waals surface area contributed by atoms with Gasteiger partial charge in [0.15, 0.2) is 0 Å². The van der Waals surface area contributed by atoms with Crippen LogP contribution in [0.1, 0.15) is 0 Å². The lowest BCUT2D eigenvalue weighted by atomic mass is 10.2. The summed E-state index contributed by atoms with van der Waals surface area (Å²) in [6, 6.07) is 9.52. The van der Waals surface area contributed by atoms with Gasteiger partial charge < -0.3 is 0 Å². The SMILES string of the molecule is Clc1ccccc1-c1cn2cccnc2n1. The summed E-state index contributed by atoms with van der Waals surface area (Å²) in [5, 5.41) is 0.700. The molecule has 78 valence electrons. The van der Waals surface area contributed by atoms with Crippen molar-refractivity contribution in [3.05, 3.63) is 53.9 Å². The molecule has 3 rings (SSSR count). The molecule has 0 bridgehead atoms. The summed E-state index contributed by atoms with van der Waals surface area (Å²) in [7, 11) is 0. The van der Waals surface area contributed by atoms with Gasteiger partial charge in [0.25, 0.3) is 0 Å². The zero-order valence-corrected chi connectivity index (χ0v) is 9.09. The normalized spacial score (nSPS) is 10.8. The van der Waals surface area contributed by atoms with Crippen LogP contribution in [0.15, 0.2) is 48.9 Å². The molecule has 16 heavy (non-hydrogen) atoms. The van der Waals surface area contributed by atoms with Crippen LogP contribution < -0.4 is 0 Å².